The number of benzene rings is 1. The molecule has 0 spiro atoms. The molecule has 0 heterocycles. The Morgan fingerprint density at radius 1 is 1.50 bits per heavy atom. The lowest BCUT2D eigenvalue weighted by atomic mass is 9.96. The molecule has 1 N–H and O–H groups in total. The lowest BCUT2D eigenvalue weighted by molar-refractivity contribution is 0.0687. The molecule has 1 saturated carbocycles. The molecule has 1 aliphatic rings. The highest BCUT2D eigenvalue weighted by atomic mass is 79.9. The Balaban J connectivity index is 2.33. The van der Waals surface area contributed by atoms with Crippen LogP contribution in [0, 0.1) is 5.82 Å². The summed E-state index contributed by atoms with van der Waals surface area (Å²) in [5.74, 6) is -2.10. The third-order valence-corrected chi connectivity index (χ3v) is 3.24. The van der Waals surface area contributed by atoms with Gasteiger partial charge in [0.2, 0.25) is 0 Å². The molecule has 0 aromatic heterocycles. The first-order chi connectivity index (χ1) is 7.59. The lowest BCUT2D eigenvalue weighted by Crippen LogP contribution is -2.25. The number of aromatic carboxylic acids is 1. The van der Waals surface area contributed by atoms with Crippen molar-refractivity contribution in [1.82, 2.24) is 0 Å². The minimum atomic E-state index is -1.29. The number of halogens is 2. The maximum Gasteiger partial charge on any atom is 0.338 e. The summed E-state index contributed by atoms with van der Waals surface area (Å²) in [4.78, 5) is 10.7. The number of ether oxygens (including phenoxy) is 1. The van der Waals surface area contributed by atoms with Gasteiger partial charge in [-0.1, -0.05) is 0 Å². The topological polar surface area (TPSA) is 46.5 Å². The fourth-order valence-corrected chi connectivity index (χ4v) is 1.86. The molecule has 0 aliphatic heterocycles. The van der Waals surface area contributed by atoms with E-state index in [-0.39, 0.29) is 17.4 Å². The van der Waals surface area contributed by atoms with E-state index in [4.69, 9.17) is 9.84 Å². The summed E-state index contributed by atoms with van der Waals surface area (Å²) in [7, 11) is 0. The summed E-state index contributed by atoms with van der Waals surface area (Å²) in [6.07, 6.45) is 2.87. The van der Waals surface area contributed by atoms with Gasteiger partial charge in [0.25, 0.3) is 0 Å². The quantitative estimate of drug-likeness (QED) is 0.929. The first-order valence-corrected chi connectivity index (χ1v) is 5.77. The molecule has 1 fully saturated rings. The maximum absolute atomic E-state index is 13.8. The molecule has 1 aromatic carbocycles. The van der Waals surface area contributed by atoms with Gasteiger partial charge < -0.3 is 9.84 Å². The smallest absolute Gasteiger partial charge is 0.338 e. The van der Waals surface area contributed by atoms with Crippen molar-refractivity contribution in [2.24, 2.45) is 0 Å². The van der Waals surface area contributed by atoms with Gasteiger partial charge in [-0.25, -0.2) is 9.18 Å². The van der Waals surface area contributed by atoms with Gasteiger partial charge in [-0.15, -0.1) is 0 Å². The molecular weight excluding hydrogens is 279 g/mol. The Morgan fingerprint density at radius 3 is 2.69 bits per heavy atom. The van der Waals surface area contributed by atoms with Crippen LogP contribution in [0.25, 0.3) is 0 Å². The number of carbonyl (C=O) groups is 1. The number of carboxylic acid groups (broad SMARTS) is 1. The predicted octanol–water partition coefficient (Wildman–Crippen LogP) is 3.22. The monoisotopic (exact) mass is 288 g/mol. The van der Waals surface area contributed by atoms with Crippen molar-refractivity contribution in [3.63, 3.8) is 0 Å². The molecule has 0 saturated heterocycles. The summed E-state index contributed by atoms with van der Waals surface area (Å²) in [6, 6.07) is 2.70. The third kappa shape index (κ3) is 2.04. The van der Waals surface area contributed by atoms with Crippen LogP contribution >= 0.6 is 15.9 Å². The first-order valence-electron chi connectivity index (χ1n) is 4.97. The van der Waals surface area contributed by atoms with E-state index in [9.17, 15) is 9.18 Å². The van der Waals surface area contributed by atoms with Crippen LogP contribution in [0.3, 0.4) is 0 Å². The third-order valence-electron chi connectivity index (χ3n) is 2.62. The van der Waals surface area contributed by atoms with E-state index in [0.29, 0.717) is 4.47 Å². The Morgan fingerprint density at radius 2 is 2.19 bits per heavy atom. The van der Waals surface area contributed by atoms with Gasteiger partial charge in [0.05, 0.1) is 16.1 Å². The highest BCUT2D eigenvalue weighted by Crippen LogP contribution is 2.34. The SMILES string of the molecule is O=C(O)c1ccc(Br)c(OC2CCC2)c1F. The van der Waals surface area contributed by atoms with Gasteiger partial charge in [-0.2, -0.15) is 0 Å². The number of rotatable bonds is 3. The van der Waals surface area contributed by atoms with E-state index in [1.165, 1.54) is 12.1 Å². The standard InChI is InChI=1S/C11H10BrFO3/c12-8-5-4-7(11(14)15)9(13)10(8)16-6-2-1-3-6/h4-6H,1-3H2,(H,14,15). The molecule has 2 rings (SSSR count). The van der Waals surface area contributed by atoms with Crippen LogP contribution in [0.1, 0.15) is 29.6 Å². The van der Waals surface area contributed by atoms with Gasteiger partial charge >= 0.3 is 5.97 Å². The zero-order chi connectivity index (χ0) is 11.7. The highest BCUT2D eigenvalue weighted by molar-refractivity contribution is 9.10. The maximum atomic E-state index is 13.8. The Kier molecular flexibility index (Phi) is 3.14. The minimum absolute atomic E-state index is 0.00426. The molecule has 0 amide bonds. The molecule has 86 valence electrons. The number of hydrogen-bond acceptors (Lipinski definition) is 2. The molecule has 0 unspecified atom stereocenters. The average Bonchev–Trinajstić information content (AvgIpc) is 2.14. The van der Waals surface area contributed by atoms with Crippen molar-refractivity contribution in [2.75, 3.05) is 0 Å². The van der Waals surface area contributed by atoms with E-state index < -0.39 is 11.8 Å². The van der Waals surface area contributed by atoms with Gasteiger partial charge in [-0.3, -0.25) is 0 Å². The fourth-order valence-electron chi connectivity index (χ4n) is 1.46. The molecule has 1 aromatic rings. The summed E-state index contributed by atoms with van der Waals surface area (Å²) >= 11 is 3.15. The van der Waals surface area contributed by atoms with Gasteiger partial charge in [0, 0.05) is 0 Å². The highest BCUT2D eigenvalue weighted by Gasteiger charge is 2.24. The van der Waals surface area contributed by atoms with E-state index in [0.717, 1.165) is 19.3 Å². The Labute approximate surface area is 100 Å². The van der Waals surface area contributed by atoms with Crippen molar-refractivity contribution < 1.29 is 19.0 Å². The zero-order valence-electron chi connectivity index (χ0n) is 8.37. The summed E-state index contributed by atoms with van der Waals surface area (Å²) in [6.45, 7) is 0. The van der Waals surface area contributed by atoms with Gasteiger partial charge in [0.1, 0.15) is 0 Å². The Bertz CT molecular complexity index is 429. The number of carboxylic acids is 1. The van der Waals surface area contributed by atoms with Crippen molar-refractivity contribution in [1.29, 1.82) is 0 Å². The second-order valence-electron chi connectivity index (χ2n) is 3.71. The van der Waals surface area contributed by atoms with Gasteiger partial charge in [0.15, 0.2) is 11.6 Å². The van der Waals surface area contributed by atoms with Crippen LogP contribution in [0.5, 0.6) is 5.75 Å². The van der Waals surface area contributed by atoms with Crippen LogP contribution in [0.2, 0.25) is 0 Å². The molecule has 0 bridgehead atoms. The van der Waals surface area contributed by atoms with Crippen molar-refractivity contribution in [2.45, 2.75) is 25.4 Å². The van der Waals surface area contributed by atoms with Crippen LogP contribution < -0.4 is 4.74 Å². The Hall–Kier alpha value is -1.10. The van der Waals surface area contributed by atoms with E-state index >= 15 is 0 Å². The molecule has 1 aliphatic carbocycles. The minimum Gasteiger partial charge on any atom is -0.486 e. The van der Waals surface area contributed by atoms with E-state index in [2.05, 4.69) is 15.9 Å². The van der Waals surface area contributed by atoms with Crippen LogP contribution in [0.4, 0.5) is 4.39 Å². The second kappa shape index (κ2) is 4.41. The molecule has 16 heavy (non-hydrogen) atoms. The fraction of sp³-hybridized carbons (Fsp3) is 0.364. The largest absolute Gasteiger partial charge is 0.486 e. The van der Waals surface area contributed by atoms with Crippen molar-refractivity contribution in [3.05, 3.63) is 28.0 Å². The van der Waals surface area contributed by atoms with Crippen LogP contribution in [-0.2, 0) is 0 Å². The van der Waals surface area contributed by atoms with Crippen LogP contribution in [0.15, 0.2) is 16.6 Å². The number of hydrogen-bond donors (Lipinski definition) is 1. The predicted molar refractivity (Wildman–Crippen MR) is 59.3 cm³/mol. The first kappa shape index (κ1) is 11.4. The summed E-state index contributed by atoms with van der Waals surface area (Å²) in [5, 5.41) is 8.78. The second-order valence-corrected chi connectivity index (χ2v) is 4.57. The summed E-state index contributed by atoms with van der Waals surface area (Å²) in [5.41, 5.74) is -0.363. The zero-order valence-corrected chi connectivity index (χ0v) is 9.96. The lowest BCUT2D eigenvalue weighted by Gasteiger charge is -2.27. The molecule has 0 radical (unpaired) electrons. The normalized spacial score (nSPS) is 15.6. The summed E-state index contributed by atoms with van der Waals surface area (Å²) < 4.78 is 19.6. The molecule has 3 nitrogen and oxygen atoms in total. The molecule has 5 heteroatoms. The molecular formula is C11H10BrFO3. The van der Waals surface area contributed by atoms with Crippen molar-refractivity contribution >= 4 is 21.9 Å². The van der Waals surface area contributed by atoms with E-state index in [1.807, 2.05) is 0 Å². The van der Waals surface area contributed by atoms with Crippen LogP contribution in [-0.4, -0.2) is 17.2 Å². The van der Waals surface area contributed by atoms with Gasteiger partial charge in [-0.05, 0) is 47.3 Å². The molecule has 0 atom stereocenters. The average molecular weight is 289 g/mol. The van der Waals surface area contributed by atoms with Crippen molar-refractivity contribution in [3.8, 4) is 5.75 Å². The van der Waals surface area contributed by atoms with E-state index in [1.54, 1.807) is 0 Å².